The third kappa shape index (κ3) is 23.8. The third-order valence-corrected chi connectivity index (χ3v) is 6.45. The van der Waals surface area contributed by atoms with Gasteiger partial charge in [-0.05, 0) is 37.5 Å². The molecule has 7 nitrogen and oxygen atoms in total. The minimum Gasteiger partial charge on any atom is -0.394 e. The first-order valence-electron chi connectivity index (χ1n) is 14.2. The summed E-state index contributed by atoms with van der Waals surface area (Å²) in [4.78, 5) is 0. The minimum absolute atomic E-state index is 0.00965. The average Bonchev–Trinajstić information content (AvgIpc) is 2.81. The quantitative estimate of drug-likeness (QED) is 0.104. The Morgan fingerprint density at radius 2 is 1.08 bits per heavy atom. The molecule has 0 heterocycles. The zero-order valence-corrected chi connectivity index (χ0v) is 23.9. The number of aliphatic hydroxyl groups is 4. The highest BCUT2D eigenvalue weighted by molar-refractivity contribution is 4.97. The van der Waals surface area contributed by atoms with E-state index in [1.165, 1.54) is 56.9 Å². The van der Waals surface area contributed by atoms with Gasteiger partial charge >= 0.3 is 0 Å². The molecule has 0 aromatic heterocycles. The Bertz CT molecular complexity index is 512. The van der Waals surface area contributed by atoms with Crippen molar-refractivity contribution in [1.29, 1.82) is 0 Å². The van der Waals surface area contributed by atoms with E-state index in [-0.39, 0.29) is 39.6 Å². The van der Waals surface area contributed by atoms with E-state index < -0.39 is 18.3 Å². The van der Waals surface area contributed by atoms with E-state index >= 15 is 0 Å². The summed E-state index contributed by atoms with van der Waals surface area (Å²) in [6.45, 7) is 11.8. The van der Waals surface area contributed by atoms with Crippen LogP contribution in [-0.4, -0.2) is 85.0 Å². The number of rotatable bonds is 25. The van der Waals surface area contributed by atoms with E-state index in [0.29, 0.717) is 6.61 Å². The van der Waals surface area contributed by atoms with Crippen LogP contribution in [0.2, 0.25) is 0 Å². The van der Waals surface area contributed by atoms with Crippen molar-refractivity contribution in [3.63, 3.8) is 0 Å². The maximum absolute atomic E-state index is 9.94. The van der Waals surface area contributed by atoms with Gasteiger partial charge in [-0.15, -0.1) is 0 Å². The maximum atomic E-state index is 9.94. The molecule has 0 fully saturated rings. The Morgan fingerprint density at radius 3 is 1.58 bits per heavy atom. The summed E-state index contributed by atoms with van der Waals surface area (Å²) in [5.41, 5.74) is 1.32. The fourth-order valence-electron chi connectivity index (χ4n) is 4.04. The van der Waals surface area contributed by atoms with Crippen molar-refractivity contribution in [2.24, 2.45) is 17.8 Å². The molecule has 5 atom stereocenters. The summed E-state index contributed by atoms with van der Waals surface area (Å²) >= 11 is 0. The minimum atomic E-state index is -0.952. The summed E-state index contributed by atoms with van der Waals surface area (Å²) in [5.74, 6) is 2.47. The van der Waals surface area contributed by atoms with Gasteiger partial charge < -0.3 is 34.6 Å². The highest BCUT2D eigenvalue weighted by Gasteiger charge is 2.10. The second-order valence-electron chi connectivity index (χ2n) is 11.2. The van der Waals surface area contributed by atoms with Crippen molar-refractivity contribution in [3.8, 4) is 0 Å². The van der Waals surface area contributed by atoms with Crippen LogP contribution in [0.3, 0.4) is 0 Å². The van der Waals surface area contributed by atoms with Crippen LogP contribution in [0.4, 0.5) is 0 Å². The summed E-state index contributed by atoms with van der Waals surface area (Å²) < 4.78 is 15.9. The molecular weight excluding hydrogens is 460 g/mol. The second-order valence-corrected chi connectivity index (χ2v) is 11.2. The van der Waals surface area contributed by atoms with Gasteiger partial charge in [0.15, 0.2) is 0 Å². The molecule has 4 N–H and O–H groups in total. The van der Waals surface area contributed by atoms with Crippen LogP contribution in [0.5, 0.6) is 0 Å². The van der Waals surface area contributed by atoms with Crippen molar-refractivity contribution >= 4 is 0 Å². The molecular formula is C29H58O7. The van der Waals surface area contributed by atoms with Crippen LogP contribution in [0.25, 0.3) is 0 Å². The molecule has 0 radical (unpaired) electrons. The van der Waals surface area contributed by atoms with Crippen molar-refractivity contribution in [3.05, 3.63) is 11.6 Å². The van der Waals surface area contributed by atoms with Crippen LogP contribution in [0.1, 0.15) is 92.4 Å². The molecule has 0 aliphatic heterocycles. The molecule has 0 aromatic rings. The molecule has 0 rings (SSSR count). The van der Waals surface area contributed by atoms with E-state index in [4.69, 9.17) is 24.4 Å². The molecule has 0 aromatic carbocycles. The summed E-state index contributed by atoms with van der Waals surface area (Å²) in [6.07, 6.45) is 11.2. The first-order chi connectivity index (χ1) is 17.1. The topological polar surface area (TPSA) is 109 Å². The number of allylic oxidation sites excluding steroid dienone is 1. The zero-order valence-electron chi connectivity index (χ0n) is 23.9. The van der Waals surface area contributed by atoms with Gasteiger partial charge in [0, 0.05) is 0 Å². The Hall–Kier alpha value is -0.540. The van der Waals surface area contributed by atoms with Crippen LogP contribution in [0.15, 0.2) is 11.6 Å². The lowest BCUT2D eigenvalue weighted by Gasteiger charge is -2.15. The fraction of sp³-hybridized carbons (Fsp3) is 0.931. The smallest absolute Gasteiger partial charge is 0.101 e. The number of ether oxygens (including phenoxy) is 3. The molecule has 0 spiro atoms. The van der Waals surface area contributed by atoms with Gasteiger partial charge in [-0.1, -0.05) is 84.3 Å². The lowest BCUT2D eigenvalue weighted by molar-refractivity contribution is -0.0662. The molecule has 0 aliphatic carbocycles. The van der Waals surface area contributed by atoms with Crippen molar-refractivity contribution in [1.82, 2.24) is 0 Å². The number of aliphatic hydroxyl groups excluding tert-OH is 4. The Labute approximate surface area is 221 Å². The van der Waals surface area contributed by atoms with Crippen molar-refractivity contribution < 1.29 is 34.6 Å². The van der Waals surface area contributed by atoms with E-state index in [0.717, 1.165) is 24.2 Å². The highest BCUT2D eigenvalue weighted by Crippen LogP contribution is 2.22. The maximum Gasteiger partial charge on any atom is 0.101 e. The van der Waals surface area contributed by atoms with Crippen LogP contribution in [0, 0.1) is 17.8 Å². The van der Waals surface area contributed by atoms with Crippen LogP contribution in [-0.2, 0) is 14.2 Å². The number of hydrogen-bond acceptors (Lipinski definition) is 7. The Balaban J connectivity index is 3.70. The van der Waals surface area contributed by atoms with Gasteiger partial charge in [0.25, 0.3) is 0 Å². The van der Waals surface area contributed by atoms with E-state index in [2.05, 4.69) is 40.7 Å². The predicted molar refractivity (Wildman–Crippen MR) is 146 cm³/mol. The first-order valence-corrected chi connectivity index (χ1v) is 14.2. The molecule has 0 aliphatic rings. The van der Waals surface area contributed by atoms with Crippen molar-refractivity contribution in [2.45, 2.75) is 111 Å². The van der Waals surface area contributed by atoms with Gasteiger partial charge in [0.05, 0.1) is 46.2 Å². The standard InChI is InChI=1S/C29H58O7/c1-23(2)9-6-10-24(3)11-7-12-25(4)13-8-14-26(5)15-16-34-19-28(32)20-36-22-29(33)21-35-18-27(31)17-30/h15,23-25,27-33H,6-14,16-22H2,1-5H3/b26-15+. The average molecular weight is 519 g/mol. The molecule has 0 bridgehead atoms. The first kappa shape index (κ1) is 35.5. The summed E-state index contributed by atoms with van der Waals surface area (Å²) in [7, 11) is 0. The van der Waals surface area contributed by atoms with Gasteiger partial charge in [-0.25, -0.2) is 0 Å². The van der Waals surface area contributed by atoms with E-state index in [9.17, 15) is 10.2 Å². The zero-order chi connectivity index (χ0) is 27.2. The lowest BCUT2D eigenvalue weighted by atomic mass is 9.91. The van der Waals surface area contributed by atoms with Crippen LogP contribution < -0.4 is 0 Å². The molecule has 36 heavy (non-hydrogen) atoms. The van der Waals surface area contributed by atoms with Crippen LogP contribution >= 0.6 is 0 Å². The molecule has 0 saturated heterocycles. The van der Waals surface area contributed by atoms with Gasteiger partial charge in [0.1, 0.15) is 18.3 Å². The van der Waals surface area contributed by atoms with Gasteiger partial charge in [-0.3, -0.25) is 0 Å². The third-order valence-electron chi connectivity index (χ3n) is 6.45. The highest BCUT2D eigenvalue weighted by atomic mass is 16.5. The van der Waals surface area contributed by atoms with Crippen molar-refractivity contribution in [2.75, 3.05) is 46.2 Å². The van der Waals surface area contributed by atoms with E-state index in [1.54, 1.807) is 0 Å². The molecule has 0 amide bonds. The predicted octanol–water partition coefficient (Wildman–Crippen LogP) is 4.50. The van der Waals surface area contributed by atoms with E-state index in [1.807, 2.05) is 0 Å². The molecule has 0 saturated carbocycles. The Morgan fingerprint density at radius 1 is 0.639 bits per heavy atom. The fourth-order valence-corrected chi connectivity index (χ4v) is 4.04. The Kier molecular flexibility index (Phi) is 23.2. The van der Waals surface area contributed by atoms with Gasteiger partial charge in [0.2, 0.25) is 0 Å². The summed E-state index contributed by atoms with van der Waals surface area (Å²) in [5, 5.41) is 37.5. The van der Waals surface area contributed by atoms with Gasteiger partial charge in [-0.2, -0.15) is 0 Å². The normalized spacial score (nSPS) is 16.8. The molecule has 7 heteroatoms. The summed E-state index contributed by atoms with van der Waals surface area (Å²) in [6, 6.07) is 0. The number of hydrogen-bond donors (Lipinski definition) is 4. The molecule has 5 unspecified atom stereocenters. The monoisotopic (exact) mass is 518 g/mol. The SMILES string of the molecule is C/C(=C\COCC(O)COCC(O)COCC(O)CO)CCCC(C)CCCC(C)CCCC(C)C. The lowest BCUT2D eigenvalue weighted by Crippen LogP contribution is -2.29. The largest absolute Gasteiger partial charge is 0.394 e. The molecule has 216 valence electrons. The second kappa shape index (κ2) is 23.6.